The molecule has 0 amide bonds. The lowest BCUT2D eigenvalue weighted by Gasteiger charge is -2.38. The van der Waals surface area contributed by atoms with Crippen molar-refractivity contribution >= 4 is 5.69 Å². The Labute approximate surface area is 168 Å². The highest BCUT2D eigenvalue weighted by Crippen LogP contribution is 2.30. The van der Waals surface area contributed by atoms with Gasteiger partial charge >= 0.3 is 0 Å². The van der Waals surface area contributed by atoms with Crippen LogP contribution in [0.4, 0.5) is 5.69 Å². The van der Waals surface area contributed by atoms with Gasteiger partial charge in [0.1, 0.15) is 6.04 Å². The van der Waals surface area contributed by atoms with E-state index < -0.39 is 0 Å². The molecule has 0 spiro atoms. The Kier molecular flexibility index (Phi) is 5.95. The molecule has 152 valence electrons. The molecule has 6 heteroatoms. The zero-order valence-electron chi connectivity index (χ0n) is 17.7. The number of anilines is 1. The Morgan fingerprint density at radius 2 is 1.89 bits per heavy atom. The third kappa shape index (κ3) is 3.93. The maximum atomic E-state index is 4.53. The average molecular weight is 384 g/mol. The second-order valence-electron chi connectivity index (χ2n) is 8.70. The number of nitrogens with zero attached hydrogens (tertiary/aromatic N) is 5. The lowest BCUT2D eigenvalue weighted by atomic mass is 10.1. The third-order valence-electron chi connectivity index (χ3n) is 6.68. The smallest absolute Gasteiger partial charge is 0.209 e. The van der Waals surface area contributed by atoms with Gasteiger partial charge in [-0.15, -0.1) is 5.10 Å². The molecule has 1 N–H and O–H groups in total. The molecule has 0 radical (unpaired) electrons. The van der Waals surface area contributed by atoms with Crippen LogP contribution in [0.1, 0.15) is 74.5 Å². The number of aromatic nitrogens is 4. The van der Waals surface area contributed by atoms with Gasteiger partial charge in [-0.2, -0.15) is 0 Å². The van der Waals surface area contributed by atoms with Crippen molar-refractivity contribution in [1.29, 1.82) is 0 Å². The second-order valence-corrected chi connectivity index (χ2v) is 8.70. The van der Waals surface area contributed by atoms with Crippen LogP contribution in [-0.2, 0) is 0 Å². The number of nitrogens with one attached hydrogen (secondary N) is 1. The van der Waals surface area contributed by atoms with Crippen molar-refractivity contribution in [3.05, 3.63) is 35.2 Å². The van der Waals surface area contributed by atoms with E-state index in [4.69, 9.17) is 0 Å². The Hall–Kier alpha value is -1.95. The van der Waals surface area contributed by atoms with Crippen LogP contribution in [0, 0.1) is 13.8 Å². The van der Waals surface area contributed by atoms with E-state index in [2.05, 4.69) is 64.1 Å². The van der Waals surface area contributed by atoms with Crippen LogP contribution in [0.25, 0.3) is 0 Å². The summed E-state index contributed by atoms with van der Waals surface area (Å²) in [7, 11) is 0. The molecule has 1 saturated heterocycles. The van der Waals surface area contributed by atoms with E-state index in [-0.39, 0.29) is 0 Å². The minimum atomic E-state index is 0.418. The van der Waals surface area contributed by atoms with Crippen molar-refractivity contribution in [3.63, 3.8) is 0 Å². The van der Waals surface area contributed by atoms with Gasteiger partial charge in [-0.05, 0) is 54.3 Å². The molecular weight excluding hydrogens is 348 g/mol. The number of benzene rings is 1. The number of hydrogen-bond donors (Lipinski definition) is 1. The molecule has 2 heterocycles. The molecule has 1 aromatic heterocycles. The summed E-state index contributed by atoms with van der Waals surface area (Å²) in [6.07, 6.45) is 7.41. The normalized spacial score (nSPS) is 20.0. The van der Waals surface area contributed by atoms with Crippen molar-refractivity contribution in [2.75, 3.05) is 31.1 Å². The summed E-state index contributed by atoms with van der Waals surface area (Å²) in [5.41, 5.74) is 4.13. The first-order chi connectivity index (χ1) is 13.7. The van der Waals surface area contributed by atoms with Gasteiger partial charge in [0, 0.05) is 12.1 Å². The molecule has 2 aliphatic rings. The van der Waals surface area contributed by atoms with Gasteiger partial charge in [-0.3, -0.25) is 0 Å². The van der Waals surface area contributed by atoms with Gasteiger partial charge in [0.25, 0.3) is 0 Å². The molecule has 0 bridgehead atoms. The fourth-order valence-corrected chi connectivity index (χ4v) is 5.09. The van der Waals surface area contributed by atoms with E-state index in [0.29, 0.717) is 12.1 Å². The van der Waals surface area contributed by atoms with E-state index in [0.717, 1.165) is 38.4 Å². The fourth-order valence-electron chi connectivity index (χ4n) is 5.09. The summed E-state index contributed by atoms with van der Waals surface area (Å²) in [6, 6.07) is 7.73. The number of quaternary nitrogens is 1. The Balaban J connectivity index is 1.49. The van der Waals surface area contributed by atoms with Crippen molar-refractivity contribution < 1.29 is 4.90 Å². The lowest BCUT2D eigenvalue weighted by Crippen LogP contribution is -3.15. The Morgan fingerprint density at radius 3 is 2.61 bits per heavy atom. The lowest BCUT2D eigenvalue weighted by molar-refractivity contribution is -0.933. The topological polar surface area (TPSA) is 51.3 Å². The van der Waals surface area contributed by atoms with Gasteiger partial charge in [0.2, 0.25) is 5.82 Å². The van der Waals surface area contributed by atoms with Crippen LogP contribution in [-0.4, -0.2) is 46.4 Å². The van der Waals surface area contributed by atoms with Crippen LogP contribution < -0.4 is 9.80 Å². The van der Waals surface area contributed by atoms with Gasteiger partial charge in [0.15, 0.2) is 0 Å². The predicted molar refractivity (Wildman–Crippen MR) is 112 cm³/mol. The molecule has 4 rings (SSSR count). The second kappa shape index (κ2) is 8.60. The van der Waals surface area contributed by atoms with Gasteiger partial charge < -0.3 is 9.80 Å². The first kappa shape index (κ1) is 19.4. The van der Waals surface area contributed by atoms with Gasteiger partial charge in [-0.25, -0.2) is 4.68 Å². The molecule has 1 atom stereocenters. The van der Waals surface area contributed by atoms with Crippen LogP contribution in [0.15, 0.2) is 18.2 Å². The summed E-state index contributed by atoms with van der Waals surface area (Å²) in [5, 5.41) is 13.0. The Morgan fingerprint density at radius 1 is 1.14 bits per heavy atom. The maximum Gasteiger partial charge on any atom is 0.209 e. The van der Waals surface area contributed by atoms with E-state index >= 15 is 0 Å². The Bertz CT molecular complexity index is 771. The first-order valence-corrected chi connectivity index (χ1v) is 11.1. The quantitative estimate of drug-likeness (QED) is 0.833. The molecule has 0 unspecified atom stereocenters. The summed E-state index contributed by atoms with van der Waals surface area (Å²) in [6.45, 7) is 11.2. The van der Waals surface area contributed by atoms with E-state index in [1.165, 1.54) is 48.9 Å². The van der Waals surface area contributed by atoms with E-state index in [9.17, 15) is 0 Å². The molecule has 1 aromatic carbocycles. The predicted octanol–water partition coefficient (Wildman–Crippen LogP) is 2.65. The van der Waals surface area contributed by atoms with Crippen LogP contribution >= 0.6 is 0 Å². The fraction of sp³-hybridized carbons (Fsp3) is 0.682. The van der Waals surface area contributed by atoms with Crippen molar-refractivity contribution in [2.45, 2.75) is 71.4 Å². The van der Waals surface area contributed by atoms with Crippen LogP contribution in [0.2, 0.25) is 0 Å². The number of aryl methyl sites for hydroxylation is 2. The molecule has 2 aromatic rings. The first-order valence-electron chi connectivity index (χ1n) is 11.1. The monoisotopic (exact) mass is 383 g/mol. The van der Waals surface area contributed by atoms with Crippen molar-refractivity contribution in [2.24, 2.45) is 0 Å². The highest BCUT2D eigenvalue weighted by molar-refractivity contribution is 5.55. The summed E-state index contributed by atoms with van der Waals surface area (Å²) in [5.74, 6) is 1.13. The standard InChI is InChI=1S/C22H34N6/c1-4-7-20(22-23-24-25-28(22)19-8-5-6-9-19)26-12-14-27(15-13-26)21-16-17(2)10-11-18(21)3/h10-11,16,19-20H,4-9,12-15H2,1-3H3/p+1/t20-/m0/s1. The molecule has 1 aliphatic heterocycles. The molecule has 1 saturated carbocycles. The van der Waals surface area contributed by atoms with Crippen LogP contribution in [0.5, 0.6) is 0 Å². The molecule has 1 aliphatic carbocycles. The zero-order chi connectivity index (χ0) is 19.5. The molecule has 6 nitrogen and oxygen atoms in total. The minimum absolute atomic E-state index is 0.418. The molecule has 2 fully saturated rings. The highest BCUT2D eigenvalue weighted by Gasteiger charge is 2.34. The summed E-state index contributed by atoms with van der Waals surface area (Å²) < 4.78 is 2.18. The minimum Gasteiger partial charge on any atom is -0.360 e. The summed E-state index contributed by atoms with van der Waals surface area (Å²) in [4.78, 5) is 4.21. The number of piperazine rings is 1. The molecular formula is C22H35N6+. The van der Waals surface area contributed by atoms with Crippen LogP contribution in [0.3, 0.4) is 0 Å². The number of hydrogen-bond acceptors (Lipinski definition) is 4. The number of rotatable bonds is 6. The van der Waals surface area contributed by atoms with E-state index in [1.807, 2.05) is 0 Å². The highest BCUT2D eigenvalue weighted by atomic mass is 15.6. The van der Waals surface area contributed by atoms with Crippen molar-refractivity contribution in [3.8, 4) is 0 Å². The van der Waals surface area contributed by atoms with Gasteiger partial charge in [0.05, 0.1) is 32.2 Å². The molecule has 28 heavy (non-hydrogen) atoms. The average Bonchev–Trinajstić information content (AvgIpc) is 3.40. The van der Waals surface area contributed by atoms with Crippen molar-refractivity contribution in [1.82, 2.24) is 20.2 Å². The largest absolute Gasteiger partial charge is 0.360 e. The van der Waals surface area contributed by atoms with Gasteiger partial charge in [-0.1, -0.05) is 38.3 Å². The zero-order valence-corrected chi connectivity index (χ0v) is 17.7. The van der Waals surface area contributed by atoms with E-state index in [1.54, 1.807) is 4.90 Å². The SMILES string of the molecule is CCC[C@@H](c1nnnn1C1CCCC1)[NH+]1CCN(c2cc(C)ccc2C)CC1. The summed E-state index contributed by atoms with van der Waals surface area (Å²) >= 11 is 0. The number of tetrazole rings is 1. The third-order valence-corrected chi connectivity index (χ3v) is 6.68. The maximum absolute atomic E-state index is 4.53.